The molecule has 204 valence electrons. The van der Waals surface area contributed by atoms with E-state index in [9.17, 15) is 14.7 Å². The van der Waals surface area contributed by atoms with E-state index in [0.717, 1.165) is 56.8 Å². The summed E-state index contributed by atoms with van der Waals surface area (Å²) in [5.74, 6) is -0.219. The second-order valence-electron chi connectivity index (χ2n) is 10.7. The topological polar surface area (TPSA) is 80.5 Å². The number of aryl methyl sites for hydroxylation is 2. The summed E-state index contributed by atoms with van der Waals surface area (Å²) in [5.41, 5.74) is 3.47. The largest absolute Gasteiger partial charge is 0.507 e. The molecule has 0 aromatic heterocycles. The summed E-state index contributed by atoms with van der Waals surface area (Å²) in [6, 6.07) is 12.8. The van der Waals surface area contributed by atoms with Crippen LogP contribution in [-0.4, -0.2) is 67.7 Å². The van der Waals surface area contributed by atoms with Crippen LogP contribution in [0.25, 0.3) is 5.76 Å². The van der Waals surface area contributed by atoms with Crippen LogP contribution < -0.4 is 9.64 Å². The summed E-state index contributed by atoms with van der Waals surface area (Å²) in [5, 5.41) is 11.5. The zero-order chi connectivity index (χ0) is 27.2. The fourth-order valence-electron chi connectivity index (χ4n) is 5.20. The first-order chi connectivity index (χ1) is 18.3. The predicted molar refractivity (Wildman–Crippen MR) is 147 cm³/mol. The zero-order valence-corrected chi connectivity index (χ0v) is 23.1. The zero-order valence-electron chi connectivity index (χ0n) is 23.1. The van der Waals surface area contributed by atoms with Crippen molar-refractivity contribution in [2.24, 2.45) is 5.92 Å². The number of carbonyl (C=O) groups excluding carboxylic acids is 2. The van der Waals surface area contributed by atoms with E-state index >= 15 is 0 Å². The first kappa shape index (κ1) is 27.9. The third-order valence-electron chi connectivity index (χ3n) is 7.41. The monoisotopic (exact) mass is 521 g/mol. The quantitative estimate of drug-likeness (QED) is 0.285. The Morgan fingerprint density at radius 3 is 2.47 bits per heavy atom. The smallest absolute Gasteiger partial charge is 0.295 e. The average molecular weight is 522 g/mol. The predicted octanol–water partition coefficient (Wildman–Crippen LogP) is 3.32. The minimum absolute atomic E-state index is 0.137. The molecule has 2 aromatic carbocycles. The summed E-state index contributed by atoms with van der Waals surface area (Å²) in [6.07, 6.45) is 1.67. The maximum absolute atomic E-state index is 13.4. The van der Waals surface area contributed by atoms with Gasteiger partial charge in [-0.2, -0.15) is 0 Å². The van der Waals surface area contributed by atoms with Crippen LogP contribution in [0.4, 0.5) is 0 Å². The van der Waals surface area contributed by atoms with Crippen LogP contribution in [0.5, 0.6) is 5.75 Å². The van der Waals surface area contributed by atoms with E-state index in [1.807, 2.05) is 37.3 Å². The molecule has 0 spiro atoms. The third-order valence-corrected chi connectivity index (χ3v) is 7.41. The van der Waals surface area contributed by atoms with E-state index in [-0.39, 0.29) is 11.3 Å². The number of carbonyl (C=O) groups is 2. The van der Waals surface area contributed by atoms with Crippen LogP contribution in [0.2, 0.25) is 0 Å². The molecule has 2 aliphatic heterocycles. The number of likely N-dealkylation sites (tertiary alicyclic amines) is 1. The van der Waals surface area contributed by atoms with Crippen LogP contribution in [0.1, 0.15) is 55.5 Å². The van der Waals surface area contributed by atoms with Crippen LogP contribution in [-0.2, 0) is 20.7 Å². The lowest BCUT2D eigenvalue weighted by molar-refractivity contribution is -0.908. The molecular formula is C31H41N2O5+. The highest BCUT2D eigenvalue weighted by atomic mass is 16.5. The Morgan fingerprint density at radius 2 is 1.84 bits per heavy atom. The van der Waals surface area contributed by atoms with Gasteiger partial charge in [-0.15, -0.1) is 0 Å². The highest BCUT2D eigenvalue weighted by Gasteiger charge is 2.46. The molecule has 2 saturated heterocycles. The molecule has 4 rings (SSSR count). The van der Waals surface area contributed by atoms with Crippen molar-refractivity contribution in [2.45, 2.75) is 46.6 Å². The van der Waals surface area contributed by atoms with E-state index in [4.69, 9.17) is 9.47 Å². The van der Waals surface area contributed by atoms with Gasteiger partial charge in [0, 0.05) is 18.5 Å². The number of hydrogen-bond acceptors (Lipinski definition) is 5. The Hall–Kier alpha value is -3.16. The van der Waals surface area contributed by atoms with Crippen LogP contribution >= 0.6 is 0 Å². The lowest BCUT2D eigenvalue weighted by atomic mass is 9.93. The van der Waals surface area contributed by atoms with Gasteiger partial charge in [0.1, 0.15) is 24.6 Å². The van der Waals surface area contributed by atoms with Gasteiger partial charge in [0.2, 0.25) is 0 Å². The van der Waals surface area contributed by atoms with Crippen LogP contribution in [0.15, 0.2) is 48.0 Å². The van der Waals surface area contributed by atoms with Crippen molar-refractivity contribution in [3.8, 4) is 5.75 Å². The fourth-order valence-corrected chi connectivity index (χ4v) is 5.20. The summed E-state index contributed by atoms with van der Waals surface area (Å²) in [6.45, 7) is 13.5. The van der Waals surface area contributed by atoms with Gasteiger partial charge in [0.25, 0.3) is 11.7 Å². The molecule has 1 amide bonds. The Balaban J connectivity index is 1.66. The molecule has 7 nitrogen and oxygen atoms in total. The van der Waals surface area contributed by atoms with Crippen molar-refractivity contribution in [2.75, 3.05) is 46.0 Å². The van der Waals surface area contributed by atoms with Crippen LogP contribution in [0.3, 0.4) is 0 Å². The van der Waals surface area contributed by atoms with Gasteiger partial charge in [-0.3, -0.25) is 9.59 Å². The Morgan fingerprint density at radius 1 is 1.13 bits per heavy atom. The van der Waals surface area contributed by atoms with Crippen molar-refractivity contribution in [1.82, 2.24) is 4.90 Å². The number of benzene rings is 2. The summed E-state index contributed by atoms with van der Waals surface area (Å²) >= 11 is 0. The second kappa shape index (κ2) is 12.6. The number of hydrogen-bond donors (Lipinski definition) is 2. The van der Waals surface area contributed by atoms with Gasteiger partial charge >= 0.3 is 0 Å². The molecule has 0 unspecified atom stereocenters. The molecule has 2 aliphatic rings. The van der Waals surface area contributed by atoms with E-state index in [0.29, 0.717) is 30.4 Å². The lowest BCUT2D eigenvalue weighted by Gasteiger charge is -2.27. The van der Waals surface area contributed by atoms with Crippen molar-refractivity contribution in [3.63, 3.8) is 0 Å². The number of ketones is 1. The molecule has 0 aliphatic carbocycles. The highest BCUT2D eigenvalue weighted by Crippen LogP contribution is 2.40. The van der Waals surface area contributed by atoms with Gasteiger partial charge < -0.3 is 24.4 Å². The number of aliphatic hydroxyl groups is 1. The van der Waals surface area contributed by atoms with Crippen molar-refractivity contribution < 1.29 is 29.1 Å². The Labute approximate surface area is 226 Å². The molecule has 0 saturated carbocycles. The maximum Gasteiger partial charge on any atom is 0.295 e. The van der Waals surface area contributed by atoms with Gasteiger partial charge in [-0.1, -0.05) is 45.0 Å². The summed E-state index contributed by atoms with van der Waals surface area (Å²) in [4.78, 5) is 29.8. The van der Waals surface area contributed by atoms with Crippen LogP contribution in [0, 0.1) is 12.8 Å². The normalized spacial score (nSPS) is 19.9. The van der Waals surface area contributed by atoms with E-state index in [2.05, 4.69) is 20.8 Å². The molecule has 2 fully saturated rings. The highest BCUT2D eigenvalue weighted by molar-refractivity contribution is 6.46. The number of nitrogens with zero attached hydrogens (tertiary/aromatic N) is 1. The number of ether oxygens (including phenoxy) is 2. The lowest BCUT2D eigenvalue weighted by Crippen LogP contribution is -3.14. The number of quaternary nitrogens is 1. The van der Waals surface area contributed by atoms with Gasteiger partial charge in [0.05, 0.1) is 38.0 Å². The molecule has 2 aromatic rings. The molecule has 0 radical (unpaired) electrons. The SMILES string of the molecule is CCc1ccc([C@@H]2C(=C(O)c3ccc(OCC(C)C)cc3C)C(=O)C(=O)N2CCC[NH+]2CCOCC2)cc1. The minimum Gasteiger partial charge on any atom is -0.507 e. The summed E-state index contributed by atoms with van der Waals surface area (Å²) in [7, 11) is 0. The number of morpholine rings is 1. The molecule has 2 N–H and O–H groups in total. The number of amides is 1. The number of rotatable bonds is 10. The van der Waals surface area contributed by atoms with Crippen molar-refractivity contribution in [3.05, 3.63) is 70.3 Å². The molecule has 38 heavy (non-hydrogen) atoms. The Kier molecular flexibility index (Phi) is 9.23. The molecular weight excluding hydrogens is 480 g/mol. The van der Waals surface area contributed by atoms with Gasteiger partial charge in [-0.25, -0.2) is 0 Å². The standard InChI is InChI=1S/C31H40N2O5/c1-5-23-7-9-24(10-8-23)28-27(29(34)26-12-11-25(19-22(26)4)38-20-21(2)3)30(35)31(36)33(28)14-6-13-32-15-17-37-18-16-32/h7-12,19,21,28,34H,5-6,13-18,20H2,1-4H3/p+1/t28-/m1/s1. The van der Waals surface area contributed by atoms with Crippen molar-refractivity contribution in [1.29, 1.82) is 0 Å². The molecule has 1 atom stereocenters. The average Bonchev–Trinajstić information content (AvgIpc) is 3.17. The fraction of sp³-hybridized carbons (Fsp3) is 0.484. The molecule has 7 heteroatoms. The van der Waals surface area contributed by atoms with Gasteiger partial charge in [-0.05, 0) is 54.2 Å². The van der Waals surface area contributed by atoms with Crippen molar-refractivity contribution >= 4 is 17.4 Å². The number of Topliss-reactive ketones (excluding diaryl/α,β-unsaturated/α-hetero) is 1. The van der Waals surface area contributed by atoms with E-state index in [1.165, 1.54) is 10.5 Å². The van der Waals surface area contributed by atoms with Gasteiger partial charge in [0.15, 0.2) is 0 Å². The minimum atomic E-state index is -0.634. The summed E-state index contributed by atoms with van der Waals surface area (Å²) < 4.78 is 11.3. The molecule has 2 heterocycles. The maximum atomic E-state index is 13.4. The first-order valence-electron chi connectivity index (χ1n) is 13.8. The first-order valence-corrected chi connectivity index (χ1v) is 13.8. The van der Waals surface area contributed by atoms with E-state index in [1.54, 1.807) is 17.0 Å². The number of aliphatic hydroxyl groups excluding tert-OH is 1. The third kappa shape index (κ3) is 6.27. The van der Waals surface area contributed by atoms with E-state index < -0.39 is 17.7 Å². The second-order valence-corrected chi connectivity index (χ2v) is 10.7. The Bertz CT molecular complexity index is 1170. The molecule has 0 bridgehead atoms. The number of nitrogens with one attached hydrogen (secondary N) is 1.